The Morgan fingerprint density at radius 1 is 1.04 bits per heavy atom. The Hall–Kier alpha value is -1.02. The van der Waals surface area contributed by atoms with Crippen molar-refractivity contribution in [2.45, 2.75) is 46.1 Å². The lowest BCUT2D eigenvalue weighted by atomic mass is 9.85. The van der Waals surface area contributed by atoms with Gasteiger partial charge >= 0.3 is 0 Å². The minimum atomic E-state index is -0.424. The van der Waals surface area contributed by atoms with E-state index in [1.165, 1.54) is 0 Å². The Morgan fingerprint density at radius 3 is 2.33 bits per heavy atom. The van der Waals surface area contributed by atoms with Gasteiger partial charge in [0.25, 0.3) is 0 Å². The molecule has 4 N–H and O–H groups in total. The summed E-state index contributed by atoms with van der Waals surface area (Å²) in [5.41, 5.74) is 5.50. The van der Waals surface area contributed by atoms with Crippen molar-refractivity contribution in [2.75, 3.05) is 46.6 Å². The van der Waals surface area contributed by atoms with Gasteiger partial charge in [0.05, 0.1) is 25.9 Å². The van der Waals surface area contributed by atoms with Crippen LogP contribution in [0.1, 0.15) is 40.0 Å². The van der Waals surface area contributed by atoms with Crippen LogP contribution in [0.25, 0.3) is 0 Å². The number of ether oxygens (including phenoxy) is 2. The minimum Gasteiger partial charge on any atom is -0.378 e. The van der Waals surface area contributed by atoms with Gasteiger partial charge in [-0.15, -0.1) is 0 Å². The summed E-state index contributed by atoms with van der Waals surface area (Å²) in [6, 6.07) is -0.424. The van der Waals surface area contributed by atoms with E-state index in [1.807, 2.05) is 27.8 Å². The van der Waals surface area contributed by atoms with Crippen molar-refractivity contribution < 1.29 is 19.1 Å². The second kappa shape index (κ2) is 13.3. The van der Waals surface area contributed by atoms with E-state index >= 15 is 0 Å². The molecule has 0 aliphatic heterocycles. The molecule has 0 aromatic carbocycles. The van der Waals surface area contributed by atoms with Gasteiger partial charge in [-0.3, -0.25) is 9.59 Å². The largest absolute Gasteiger partial charge is 0.378 e. The highest BCUT2D eigenvalue weighted by molar-refractivity contribution is 5.88. The predicted molar refractivity (Wildman–Crippen MR) is 94.9 cm³/mol. The molecule has 7 nitrogen and oxygen atoms in total. The summed E-state index contributed by atoms with van der Waals surface area (Å²) in [4.78, 5) is 23.5. The highest BCUT2D eigenvalue weighted by Crippen LogP contribution is 2.18. The highest BCUT2D eigenvalue weighted by atomic mass is 16.5. The van der Waals surface area contributed by atoms with E-state index in [4.69, 9.17) is 15.2 Å². The smallest absolute Gasteiger partial charge is 0.245 e. The number of hydrogen-bond donors (Lipinski definition) is 3. The normalized spacial score (nSPS) is 12.9. The van der Waals surface area contributed by atoms with E-state index in [0.717, 1.165) is 19.4 Å². The number of hydrogen-bond acceptors (Lipinski definition) is 6. The monoisotopic (exact) mass is 345 g/mol. The molecule has 0 aliphatic rings. The first-order valence-electron chi connectivity index (χ1n) is 8.65. The average molecular weight is 345 g/mol. The van der Waals surface area contributed by atoms with Crippen molar-refractivity contribution >= 4 is 11.7 Å². The molecule has 0 aromatic heterocycles. The van der Waals surface area contributed by atoms with Crippen molar-refractivity contribution in [2.24, 2.45) is 11.1 Å². The zero-order chi connectivity index (χ0) is 18.4. The van der Waals surface area contributed by atoms with Crippen LogP contribution in [-0.4, -0.2) is 64.3 Å². The van der Waals surface area contributed by atoms with Crippen LogP contribution < -0.4 is 16.4 Å². The molecule has 0 saturated carbocycles. The third kappa shape index (κ3) is 12.4. The molecule has 1 amide bonds. The third-order valence-corrected chi connectivity index (χ3v) is 3.44. The van der Waals surface area contributed by atoms with Gasteiger partial charge < -0.3 is 25.8 Å². The van der Waals surface area contributed by atoms with Crippen LogP contribution >= 0.6 is 0 Å². The Kier molecular flexibility index (Phi) is 12.7. The third-order valence-electron chi connectivity index (χ3n) is 3.44. The number of rotatable bonds is 14. The lowest BCUT2D eigenvalue weighted by molar-refractivity contribution is -0.128. The first-order valence-corrected chi connectivity index (χ1v) is 8.65. The van der Waals surface area contributed by atoms with Crippen molar-refractivity contribution in [3.05, 3.63) is 0 Å². The number of carbonyl (C=O) groups is 2. The number of ketones is 1. The molecule has 24 heavy (non-hydrogen) atoms. The molecule has 1 atom stereocenters. The van der Waals surface area contributed by atoms with E-state index in [-0.39, 0.29) is 18.3 Å². The molecule has 142 valence electrons. The Labute approximate surface area is 146 Å². The van der Waals surface area contributed by atoms with Gasteiger partial charge in [-0.1, -0.05) is 20.8 Å². The van der Waals surface area contributed by atoms with E-state index in [2.05, 4.69) is 10.6 Å². The molecular weight excluding hydrogens is 310 g/mol. The molecule has 0 radical (unpaired) electrons. The SMILES string of the molecule is CNCCOCCOCC(=O)NCCCCC(N)C(=O)C(C)(C)C. The first kappa shape index (κ1) is 23.0. The zero-order valence-electron chi connectivity index (χ0n) is 15.7. The number of nitrogens with one attached hydrogen (secondary N) is 2. The van der Waals surface area contributed by atoms with E-state index in [9.17, 15) is 9.59 Å². The number of Topliss-reactive ketones (excluding diaryl/α,β-unsaturated/α-hetero) is 1. The zero-order valence-corrected chi connectivity index (χ0v) is 15.7. The number of nitrogens with two attached hydrogens (primary N) is 1. The molecule has 0 fully saturated rings. The van der Waals surface area contributed by atoms with Crippen LogP contribution in [0.4, 0.5) is 0 Å². The van der Waals surface area contributed by atoms with Crippen LogP contribution in [0.15, 0.2) is 0 Å². The van der Waals surface area contributed by atoms with E-state index < -0.39 is 11.5 Å². The van der Waals surface area contributed by atoms with Gasteiger partial charge in [-0.05, 0) is 26.3 Å². The average Bonchev–Trinajstić information content (AvgIpc) is 2.51. The molecule has 0 heterocycles. The second-order valence-electron chi connectivity index (χ2n) is 6.83. The fraction of sp³-hybridized carbons (Fsp3) is 0.882. The summed E-state index contributed by atoms with van der Waals surface area (Å²) < 4.78 is 10.5. The lowest BCUT2D eigenvalue weighted by Crippen LogP contribution is -2.39. The van der Waals surface area contributed by atoms with Crippen molar-refractivity contribution in [1.82, 2.24) is 10.6 Å². The fourth-order valence-corrected chi connectivity index (χ4v) is 2.01. The Balaban J connectivity index is 3.51. The summed E-state index contributed by atoms with van der Waals surface area (Å²) in [5, 5.41) is 5.76. The second-order valence-corrected chi connectivity index (χ2v) is 6.83. The quantitative estimate of drug-likeness (QED) is 0.396. The van der Waals surface area contributed by atoms with Gasteiger partial charge in [0.2, 0.25) is 5.91 Å². The molecule has 0 aromatic rings. The van der Waals surface area contributed by atoms with Gasteiger partial charge in [0, 0.05) is 18.5 Å². The van der Waals surface area contributed by atoms with Crippen molar-refractivity contribution in [1.29, 1.82) is 0 Å². The van der Waals surface area contributed by atoms with Gasteiger partial charge in [0.1, 0.15) is 6.61 Å². The van der Waals surface area contributed by atoms with Crippen LogP contribution in [0, 0.1) is 5.41 Å². The first-order chi connectivity index (χ1) is 11.3. The molecular formula is C17H35N3O4. The minimum absolute atomic E-state index is 0.0391. The molecule has 0 rings (SSSR count). The van der Waals surface area contributed by atoms with Gasteiger partial charge in [-0.2, -0.15) is 0 Å². The van der Waals surface area contributed by atoms with Gasteiger partial charge in [0.15, 0.2) is 5.78 Å². The topological polar surface area (TPSA) is 103 Å². The molecule has 0 aliphatic carbocycles. The summed E-state index contributed by atoms with van der Waals surface area (Å²) in [5.74, 6) is -0.0582. The summed E-state index contributed by atoms with van der Waals surface area (Å²) in [7, 11) is 1.86. The lowest BCUT2D eigenvalue weighted by Gasteiger charge is -2.21. The summed E-state index contributed by atoms with van der Waals surface area (Å²) in [6.07, 6.45) is 2.25. The Bertz CT molecular complexity index is 356. The molecule has 0 bridgehead atoms. The molecule has 1 unspecified atom stereocenters. The van der Waals surface area contributed by atoms with E-state index in [1.54, 1.807) is 0 Å². The van der Waals surface area contributed by atoms with Crippen LogP contribution in [0.2, 0.25) is 0 Å². The standard InChI is InChI=1S/C17H35N3O4/c1-17(2,3)16(22)14(18)7-5-6-8-20-15(21)13-24-12-11-23-10-9-19-4/h14,19H,5-13,18H2,1-4H3,(H,20,21). The molecule has 0 saturated heterocycles. The predicted octanol–water partition coefficient (Wildman–Crippen LogP) is 0.468. The summed E-state index contributed by atoms with van der Waals surface area (Å²) in [6.45, 7) is 8.55. The van der Waals surface area contributed by atoms with Gasteiger partial charge in [-0.25, -0.2) is 0 Å². The molecule has 0 spiro atoms. The van der Waals surface area contributed by atoms with Crippen LogP contribution in [-0.2, 0) is 19.1 Å². The maximum absolute atomic E-state index is 11.9. The molecule has 7 heteroatoms. The number of likely N-dealkylation sites (N-methyl/N-ethyl adjacent to an activating group) is 1. The fourth-order valence-electron chi connectivity index (χ4n) is 2.01. The van der Waals surface area contributed by atoms with Crippen molar-refractivity contribution in [3.63, 3.8) is 0 Å². The summed E-state index contributed by atoms with van der Waals surface area (Å²) >= 11 is 0. The number of amides is 1. The maximum Gasteiger partial charge on any atom is 0.245 e. The van der Waals surface area contributed by atoms with E-state index in [0.29, 0.717) is 32.8 Å². The maximum atomic E-state index is 11.9. The van der Waals surface area contributed by atoms with Crippen LogP contribution in [0.5, 0.6) is 0 Å². The number of carbonyl (C=O) groups excluding carboxylic acids is 2. The van der Waals surface area contributed by atoms with Crippen molar-refractivity contribution in [3.8, 4) is 0 Å². The highest BCUT2D eigenvalue weighted by Gasteiger charge is 2.26. The van der Waals surface area contributed by atoms with Crippen LogP contribution in [0.3, 0.4) is 0 Å². The Morgan fingerprint density at radius 2 is 1.71 bits per heavy atom. The number of unbranched alkanes of at least 4 members (excludes halogenated alkanes) is 1.